The Morgan fingerprint density at radius 2 is 1.94 bits per heavy atom. The molecule has 0 saturated heterocycles. The smallest absolute Gasteiger partial charge is 0.387 e. The number of halogens is 3. The Balaban J connectivity index is 1.45. The molecule has 0 aliphatic carbocycles. The number of hydrogen-bond acceptors (Lipinski definition) is 8. The summed E-state index contributed by atoms with van der Waals surface area (Å²) in [5.41, 5.74) is 0.857. The monoisotopic (exact) mass is 478 g/mol. The number of nitrogens with zero attached hydrogens (tertiary/aromatic N) is 6. The van der Waals surface area contributed by atoms with Gasteiger partial charge in [0.25, 0.3) is 5.91 Å². The summed E-state index contributed by atoms with van der Waals surface area (Å²) in [6.07, 6.45) is 1.62. The fraction of sp³-hybridized carbons (Fsp3) is 0.350. The average molecular weight is 478 g/mol. The van der Waals surface area contributed by atoms with E-state index in [9.17, 15) is 22.8 Å². The van der Waals surface area contributed by atoms with Crippen molar-refractivity contribution in [1.29, 1.82) is 0 Å². The van der Waals surface area contributed by atoms with Gasteiger partial charge in [0.2, 0.25) is 5.91 Å². The number of rotatable bonds is 11. The van der Waals surface area contributed by atoms with E-state index in [1.54, 1.807) is 6.07 Å². The summed E-state index contributed by atoms with van der Waals surface area (Å²) in [5, 5.41) is 20.2. The SMILES string of the molecule is CNC(=O)c1cn(CC(F)CCc2ccc(NC(=O)Cc3cc(OC(F)F)ccn3)nn2)nn1. The molecule has 14 heteroatoms. The van der Waals surface area contributed by atoms with Crippen LogP contribution in [0.4, 0.5) is 19.0 Å². The maximum atomic E-state index is 14.3. The van der Waals surface area contributed by atoms with Crippen LogP contribution >= 0.6 is 0 Å². The van der Waals surface area contributed by atoms with E-state index in [0.717, 1.165) is 0 Å². The van der Waals surface area contributed by atoms with Crippen molar-refractivity contribution in [3.8, 4) is 5.75 Å². The number of nitrogens with one attached hydrogen (secondary N) is 2. The fourth-order valence-electron chi connectivity index (χ4n) is 2.86. The molecule has 0 aliphatic rings. The molecule has 3 heterocycles. The summed E-state index contributed by atoms with van der Waals surface area (Å²) in [6.45, 7) is -3.04. The lowest BCUT2D eigenvalue weighted by atomic mass is 10.1. The molecule has 0 spiro atoms. The lowest BCUT2D eigenvalue weighted by Crippen LogP contribution is -2.18. The number of pyridine rings is 1. The standard InChI is InChI=1S/C20H21F3N8O3/c1-24-19(33)16-11-31(30-28-16)10-12(21)2-3-13-4-5-17(29-27-13)26-18(32)9-14-8-15(6-7-25-14)34-20(22)23/h4-8,11-12,20H,2-3,9-10H2,1H3,(H,24,33)(H,26,29,32). The first-order chi connectivity index (χ1) is 16.3. The number of ether oxygens (including phenoxy) is 1. The largest absolute Gasteiger partial charge is 0.435 e. The van der Waals surface area contributed by atoms with Crippen LogP contribution < -0.4 is 15.4 Å². The molecule has 1 atom stereocenters. The minimum Gasteiger partial charge on any atom is -0.435 e. The molecule has 11 nitrogen and oxygen atoms in total. The zero-order valence-electron chi connectivity index (χ0n) is 18.0. The van der Waals surface area contributed by atoms with Crippen molar-refractivity contribution in [2.24, 2.45) is 0 Å². The first-order valence-electron chi connectivity index (χ1n) is 10.1. The molecule has 180 valence electrons. The number of alkyl halides is 3. The molecule has 2 N–H and O–H groups in total. The molecular weight excluding hydrogens is 457 g/mol. The summed E-state index contributed by atoms with van der Waals surface area (Å²) < 4.78 is 44.4. The van der Waals surface area contributed by atoms with E-state index in [2.05, 4.69) is 40.9 Å². The fourth-order valence-corrected chi connectivity index (χ4v) is 2.86. The molecule has 34 heavy (non-hydrogen) atoms. The van der Waals surface area contributed by atoms with Gasteiger partial charge in [0.05, 0.1) is 30.6 Å². The van der Waals surface area contributed by atoms with Crippen molar-refractivity contribution < 1.29 is 27.5 Å². The average Bonchev–Trinajstić information content (AvgIpc) is 3.26. The molecule has 0 fully saturated rings. The molecule has 0 aliphatic heterocycles. The highest BCUT2D eigenvalue weighted by Crippen LogP contribution is 2.15. The predicted molar refractivity (Wildman–Crippen MR) is 112 cm³/mol. The second-order valence-electron chi connectivity index (χ2n) is 7.04. The van der Waals surface area contributed by atoms with Gasteiger partial charge in [-0.1, -0.05) is 5.21 Å². The third kappa shape index (κ3) is 7.50. The Kier molecular flexibility index (Phi) is 8.43. The van der Waals surface area contributed by atoms with Gasteiger partial charge in [-0.25, -0.2) is 9.07 Å². The number of carbonyl (C=O) groups excluding carboxylic acids is 2. The maximum absolute atomic E-state index is 14.3. The van der Waals surface area contributed by atoms with Crippen LogP contribution in [0.3, 0.4) is 0 Å². The van der Waals surface area contributed by atoms with Gasteiger partial charge >= 0.3 is 6.61 Å². The molecule has 0 radical (unpaired) electrons. The Morgan fingerprint density at radius 1 is 1.12 bits per heavy atom. The van der Waals surface area contributed by atoms with Gasteiger partial charge in [-0.2, -0.15) is 13.9 Å². The van der Waals surface area contributed by atoms with Crippen molar-refractivity contribution in [1.82, 2.24) is 35.5 Å². The second kappa shape index (κ2) is 11.7. The Bertz CT molecular complexity index is 1110. The normalized spacial score (nSPS) is 11.8. The van der Waals surface area contributed by atoms with E-state index in [1.165, 1.54) is 42.3 Å². The first kappa shape index (κ1) is 24.5. The van der Waals surface area contributed by atoms with Crippen LogP contribution in [0.25, 0.3) is 0 Å². The van der Waals surface area contributed by atoms with Gasteiger partial charge in [0.15, 0.2) is 11.5 Å². The molecule has 1 unspecified atom stereocenters. The molecule has 3 aromatic rings. The maximum Gasteiger partial charge on any atom is 0.387 e. The van der Waals surface area contributed by atoms with E-state index in [4.69, 9.17) is 0 Å². The van der Waals surface area contributed by atoms with Crippen LogP contribution in [0.1, 0.15) is 28.3 Å². The highest BCUT2D eigenvalue weighted by atomic mass is 19.3. The van der Waals surface area contributed by atoms with E-state index < -0.39 is 24.6 Å². The van der Waals surface area contributed by atoms with Crippen LogP contribution in [0.5, 0.6) is 5.75 Å². The van der Waals surface area contributed by atoms with E-state index >= 15 is 0 Å². The van der Waals surface area contributed by atoms with Gasteiger partial charge in [-0.15, -0.1) is 10.2 Å². The molecule has 3 aromatic heterocycles. The highest BCUT2D eigenvalue weighted by Gasteiger charge is 2.14. The number of aryl methyl sites for hydroxylation is 1. The first-order valence-corrected chi connectivity index (χ1v) is 10.1. The van der Waals surface area contributed by atoms with E-state index in [-0.39, 0.29) is 42.3 Å². The Hall–Kier alpha value is -4.10. The number of aromatic nitrogens is 6. The van der Waals surface area contributed by atoms with Crippen LogP contribution in [0, 0.1) is 0 Å². The lowest BCUT2D eigenvalue weighted by Gasteiger charge is -2.08. The summed E-state index contributed by atoms with van der Waals surface area (Å²) in [4.78, 5) is 27.6. The van der Waals surface area contributed by atoms with Crippen molar-refractivity contribution in [2.75, 3.05) is 12.4 Å². The number of amides is 2. The molecular formula is C20H21F3N8O3. The molecule has 0 saturated carbocycles. The molecule has 2 amide bonds. The van der Waals surface area contributed by atoms with Crippen LogP contribution in [0.15, 0.2) is 36.7 Å². The van der Waals surface area contributed by atoms with Crippen LogP contribution in [0.2, 0.25) is 0 Å². The van der Waals surface area contributed by atoms with Crippen molar-refractivity contribution in [3.63, 3.8) is 0 Å². The zero-order valence-corrected chi connectivity index (χ0v) is 18.0. The third-order valence-electron chi connectivity index (χ3n) is 4.44. The van der Waals surface area contributed by atoms with E-state index in [1.807, 2.05) is 0 Å². The second-order valence-corrected chi connectivity index (χ2v) is 7.04. The number of hydrogen-bond donors (Lipinski definition) is 2. The number of anilines is 1. The van der Waals surface area contributed by atoms with Crippen molar-refractivity contribution in [3.05, 3.63) is 53.7 Å². The highest BCUT2D eigenvalue weighted by molar-refractivity contribution is 5.91. The molecule has 0 aromatic carbocycles. The molecule has 3 rings (SSSR count). The van der Waals surface area contributed by atoms with Gasteiger partial charge in [0.1, 0.15) is 11.9 Å². The predicted octanol–water partition coefficient (Wildman–Crippen LogP) is 1.58. The summed E-state index contributed by atoms with van der Waals surface area (Å²) in [6, 6.07) is 5.62. The lowest BCUT2D eigenvalue weighted by molar-refractivity contribution is -0.115. The minimum absolute atomic E-state index is 0.0663. The van der Waals surface area contributed by atoms with Gasteiger partial charge < -0.3 is 15.4 Å². The summed E-state index contributed by atoms with van der Waals surface area (Å²) in [5.74, 6) is -0.806. The van der Waals surface area contributed by atoms with Gasteiger partial charge in [0, 0.05) is 19.3 Å². The number of carbonyl (C=O) groups is 2. The van der Waals surface area contributed by atoms with Crippen LogP contribution in [-0.4, -0.2) is 61.8 Å². The quantitative estimate of drug-likeness (QED) is 0.424. The van der Waals surface area contributed by atoms with Crippen molar-refractivity contribution in [2.45, 2.75) is 38.6 Å². The topological polar surface area (TPSA) is 137 Å². The summed E-state index contributed by atoms with van der Waals surface area (Å²) in [7, 11) is 1.46. The molecule has 0 bridgehead atoms. The van der Waals surface area contributed by atoms with Crippen LogP contribution in [-0.2, 0) is 24.2 Å². The Morgan fingerprint density at radius 3 is 2.65 bits per heavy atom. The third-order valence-corrected chi connectivity index (χ3v) is 4.44. The van der Waals surface area contributed by atoms with Crippen molar-refractivity contribution >= 4 is 17.6 Å². The van der Waals surface area contributed by atoms with Gasteiger partial charge in [-0.05, 0) is 31.0 Å². The van der Waals surface area contributed by atoms with Gasteiger partial charge in [-0.3, -0.25) is 14.6 Å². The minimum atomic E-state index is -2.98. The summed E-state index contributed by atoms with van der Waals surface area (Å²) >= 11 is 0. The van der Waals surface area contributed by atoms with E-state index in [0.29, 0.717) is 12.1 Å². The Labute approximate surface area is 191 Å². The zero-order chi connectivity index (χ0) is 24.5.